The van der Waals surface area contributed by atoms with Crippen molar-refractivity contribution in [3.8, 4) is 11.5 Å². The lowest BCUT2D eigenvalue weighted by molar-refractivity contribution is 0.242. The van der Waals surface area contributed by atoms with E-state index in [2.05, 4.69) is 20.6 Å². The van der Waals surface area contributed by atoms with Gasteiger partial charge in [0.1, 0.15) is 17.3 Å². The average Bonchev–Trinajstić information content (AvgIpc) is 2.64. The Kier molecular flexibility index (Phi) is 6.32. The molecular weight excluding hydrogens is 352 g/mol. The lowest BCUT2D eigenvalue weighted by atomic mass is 10.3. The van der Waals surface area contributed by atoms with Crippen molar-refractivity contribution >= 4 is 23.1 Å². The summed E-state index contributed by atoms with van der Waals surface area (Å²) in [4.78, 5) is 8.79. The van der Waals surface area contributed by atoms with Gasteiger partial charge in [0.2, 0.25) is 5.95 Å². The second-order valence-corrected chi connectivity index (χ2v) is 6.90. The van der Waals surface area contributed by atoms with Gasteiger partial charge < -0.3 is 20.1 Å². The van der Waals surface area contributed by atoms with E-state index in [1.165, 1.54) is 0 Å². The highest BCUT2D eigenvalue weighted by Gasteiger charge is 2.03. The third kappa shape index (κ3) is 5.87. The highest BCUT2D eigenvalue weighted by Crippen LogP contribution is 2.22. The maximum atomic E-state index is 5.66. The van der Waals surface area contributed by atoms with Crippen LogP contribution in [0.25, 0.3) is 0 Å². The SMILES string of the molecule is CC(C)Oc1ccc(Nc2ccnc(Nc3ccc(OC(C)C)cc3)n2)cc1. The number of benzene rings is 2. The van der Waals surface area contributed by atoms with Crippen molar-refractivity contribution in [1.82, 2.24) is 9.97 Å². The van der Waals surface area contributed by atoms with E-state index in [0.29, 0.717) is 11.8 Å². The number of nitrogens with zero attached hydrogens (tertiary/aromatic N) is 2. The summed E-state index contributed by atoms with van der Waals surface area (Å²) in [5.41, 5.74) is 1.82. The van der Waals surface area contributed by atoms with Crippen LogP contribution in [0.5, 0.6) is 11.5 Å². The maximum Gasteiger partial charge on any atom is 0.229 e. The Balaban J connectivity index is 1.63. The molecule has 1 aromatic heterocycles. The van der Waals surface area contributed by atoms with Gasteiger partial charge in [0.25, 0.3) is 0 Å². The lowest BCUT2D eigenvalue weighted by Gasteiger charge is -2.12. The van der Waals surface area contributed by atoms with E-state index < -0.39 is 0 Å². The zero-order chi connectivity index (χ0) is 19.9. The fourth-order valence-corrected chi connectivity index (χ4v) is 2.54. The van der Waals surface area contributed by atoms with Crippen LogP contribution in [0.1, 0.15) is 27.7 Å². The summed E-state index contributed by atoms with van der Waals surface area (Å²) in [6.07, 6.45) is 2.01. The summed E-state index contributed by atoms with van der Waals surface area (Å²) in [5, 5.41) is 6.48. The summed E-state index contributed by atoms with van der Waals surface area (Å²) < 4.78 is 11.3. The first kappa shape index (κ1) is 19.5. The zero-order valence-corrected chi connectivity index (χ0v) is 16.6. The van der Waals surface area contributed by atoms with E-state index >= 15 is 0 Å². The second-order valence-electron chi connectivity index (χ2n) is 6.90. The Hall–Kier alpha value is -3.28. The topological polar surface area (TPSA) is 68.3 Å². The van der Waals surface area contributed by atoms with Crippen molar-refractivity contribution in [3.63, 3.8) is 0 Å². The lowest BCUT2D eigenvalue weighted by Crippen LogP contribution is -2.05. The first-order valence-electron chi connectivity index (χ1n) is 9.38. The van der Waals surface area contributed by atoms with Gasteiger partial charge in [-0.3, -0.25) is 0 Å². The molecule has 0 radical (unpaired) electrons. The number of aromatic nitrogens is 2. The molecule has 28 heavy (non-hydrogen) atoms. The Morgan fingerprint density at radius 1 is 0.679 bits per heavy atom. The van der Waals surface area contributed by atoms with E-state index in [9.17, 15) is 0 Å². The molecule has 0 unspecified atom stereocenters. The van der Waals surface area contributed by atoms with Gasteiger partial charge in [0.05, 0.1) is 12.2 Å². The molecular formula is C22H26N4O2. The van der Waals surface area contributed by atoms with Crippen LogP contribution in [0.15, 0.2) is 60.8 Å². The number of hydrogen-bond donors (Lipinski definition) is 2. The largest absolute Gasteiger partial charge is 0.491 e. The van der Waals surface area contributed by atoms with Crippen LogP contribution >= 0.6 is 0 Å². The van der Waals surface area contributed by atoms with E-state index in [-0.39, 0.29) is 12.2 Å². The van der Waals surface area contributed by atoms with E-state index in [0.717, 1.165) is 22.9 Å². The van der Waals surface area contributed by atoms with Crippen LogP contribution in [0.2, 0.25) is 0 Å². The summed E-state index contributed by atoms with van der Waals surface area (Å²) >= 11 is 0. The smallest absolute Gasteiger partial charge is 0.229 e. The first-order valence-corrected chi connectivity index (χ1v) is 9.38. The highest BCUT2D eigenvalue weighted by atomic mass is 16.5. The van der Waals surface area contributed by atoms with Gasteiger partial charge >= 0.3 is 0 Å². The van der Waals surface area contributed by atoms with Crippen LogP contribution < -0.4 is 20.1 Å². The molecule has 0 saturated heterocycles. The van der Waals surface area contributed by atoms with Crippen LogP contribution in [0.4, 0.5) is 23.1 Å². The second kappa shape index (κ2) is 9.08. The van der Waals surface area contributed by atoms with Gasteiger partial charge in [-0.2, -0.15) is 4.98 Å². The average molecular weight is 378 g/mol. The van der Waals surface area contributed by atoms with Crippen molar-refractivity contribution < 1.29 is 9.47 Å². The monoisotopic (exact) mass is 378 g/mol. The molecule has 2 N–H and O–H groups in total. The molecule has 0 spiro atoms. The van der Waals surface area contributed by atoms with E-state index in [1.807, 2.05) is 82.3 Å². The molecule has 1 heterocycles. The van der Waals surface area contributed by atoms with Gasteiger partial charge in [-0.25, -0.2) is 4.98 Å². The molecule has 6 nitrogen and oxygen atoms in total. The van der Waals surface area contributed by atoms with Crippen molar-refractivity contribution in [2.24, 2.45) is 0 Å². The standard InChI is InChI=1S/C22H26N4O2/c1-15(2)27-19-9-5-17(6-10-19)24-21-13-14-23-22(26-21)25-18-7-11-20(12-8-18)28-16(3)4/h5-16H,1-4H3,(H2,23,24,25,26). The quantitative estimate of drug-likeness (QED) is 0.536. The minimum Gasteiger partial charge on any atom is -0.491 e. The van der Waals surface area contributed by atoms with E-state index in [1.54, 1.807) is 6.20 Å². The molecule has 146 valence electrons. The molecule has 0 fully saturated rings. The Morgan fingerprint density at radius 2 is 1.18 bits per heavy atom. The Bertz CT molecular complexity index is 807. The van der Waals surface area contributed by atoms with Gasteiger partial charge in [0, 0.05) is 17.6 Å². The van der Waals surface area contributed by atoms with Crippen LogP contribution in [0.3, 0.4) is 0 Å². The number of nitrogens with one attached hydrogen (secondary N) is 2. The number of ether oxygens (including phenoxy) is 2. The highest BCUT2D eigenvalue weighted by molar-refractivity contribution is 5.60. The fourth-order valence-electron chi connectivity index (χ4n) is 2.54. The maximum absolute atomic E-state index is 5.66. The minimum atomic E-state index is 0.149. The van der Waals surface area contributed by atoms with Crippen molar-refractivity contribution in [3.05, 3.63) is 60.8 Å². The number of anilines is 4. The van der Waals surface area contributed by atoms with Crippen molar-refractivity contribution in [2.45, 2.75) is 39.9 Å². The molecule has 0 saturated carbocycles. The molecule has 0 bridgehead atoms. The Labute approximate surface area is 166 Å². The summed E-state index contributed by atoms with van der Waals surface area (Å²) in [6, 6.07) is 17.3. The predicted molar refractivity (Wildman–Crippen MR) is 113 cm³/mol. The van der Waals surface area contributed by atoms with Crippen molar-refractivity contribution in [1.29, 1.82) is 0 Å². The normalized spacial score (nSPS) is 10.8. The molecule has 0 amide bonds. The molecule has 0 aliphatic rings. The molecule has 0 aliphatic heterocycles. The van der Waals surface area contributed by atoms with Gasteiger partial charge in [-0.1, -0.05) is 0 Å². The summed E-state index contributed by atoms with van der Waals surface area (Å²) in [5.74, 6) is 2.90. The third-order valence-electron chi connectivity index (χ3n) is 3.64. The number of hydrogen-bond acceptors (Lipinski definition) is 6. The first-order chi connectivity index (χ1) is 13.5. The molecule has 3 rings (SSSR count). The molecule has 6 heteroatoms. The molecule has 2 aromatic carbocycles. The minimum absolute atomic E-state index is 0.149. The van der Waals surface area contributed by atoms with Crippen LogP contribution in [0, 0.1) is 0 Å². The zero-order valence-electron chi connectivity index (χ0n) is 16.6. The molecule has 3 aromatic rings. The van der Waals surface area contributed by atoms with Gasteiger partial charge in [-0.05, 0) is 82.3 Å². The van der Waals surface area contributed by atoms with Gasteiger partial charge in [0.15, 0.2) is 0 Å². The van der Waals surface area contributed by atoms with Gasteiger partial charge in [-0.15, -0.1) is 0 Å². The number of rotatable bonds is 8. The molecule has 0 atom stereocenters. The summed E-state index contributed by atoms with van der Waals surface area (Å²) in [7, 11) is 0. The van der Waals surface area contributed by atoms with Crippen LogP contribution in [-0.2, 0) is 0 Å². The summed E-state index contributed by atoms with van der Waals surface area (Å²) in [6.45, 7) is 8.02. The Morgan fingerprint density at radius 3 is 1.68 bits per heavy atom. The van der Waals surface area contributed by atoms with E-state index in [4.69, 9.17) is 9.47 Å². The fraction of sp³-hybridized carbons (Fsp3) is 0.273. The predicted octanol–water partition coefficient (Wildman–Crippen LogP) is 5.54. The van der Waals surface area contributed by atoms with Crippen LogP contribution in [-0.4, -0.2) is 22.2 Å². The molecule has 0 aliphatic carbocycles. The third-order valence-corrected chi connectivity index (χ3v) is 3.64. The van der Waals surface area contributed by atoms with Crippen molar-refractivity contribution in [2.75, 3.05) is 10.6 Å².